The van der Waals surface area contributed by atoms with E-state index in [0.717, 1.165) is 43.9 Å². The van der Waals surface area contributed by atoms with Crippen LogP contribution in [0.1, 0.15) is 24.2 Å². The predicted octanol–water partition coefficient (Wildman–Crippen LogP) is 1.51. The highest BCUT2D eigenvalue weighted by Crippen LogP contribution is 2.32. The number of anilines is 1. The molecule has 0 spiro atoms. The largest absolute Gasteiger partial charge is 0.379 e. The van der Waals surface area contributed by atoms with Crippen LogP contribution in [0.2, 0.25) is 0 Å². The molecule has 1 N–H and O–H groups in total. The van der Waals surface area contributed by atoms with Crippen molar-refractivity contribution >= 4 is 32.7 Å². The van der Waals surface area contributed by atoms with Crippen molar-refractivity contribution in [3.63, 3.8) is 0 Å². The molecular formula is C23H28N6O3S. The monoisotopic (exact) mass is 468 g/mol. The molecule has 1 aromatic carbocycles. The number of methoxy groups -OCH3 is 1. The average molecular weight is 469 g/mol. The van der Waals surface area contributed by atoms with Crippen molar-refractivity contribution < 1.29 is 9.53 Å². The normalized spacial score (nSPS) is 19.2. The molecule has 2 aliphatic rings. The molecule has 3 aromatic rings. The van der Waals surface area contributed by atoms with Gasteiger partial charge in [-0.25, -0.2) is 9.97 Å². The van der Waals surface area contributed by atoms with Crippen LogP contribution in [-0.2, 0) is 29.7 Å². The van der Waals surface area contributed by atoms with E-state index in [0.29, 0.717) is 28.6 Å². The van der Waals surface area contributed by atoms with E-state index >= 15 is 0 Å². The molecule has 2 fully saturated rings. The Morgan fingerprint density at radius 1 is 1.24 bits per heavy atom. The highest BCUT2D eigenvalue weighted by molar-refractivity contribution is 7.21. The zero-order chi connectivity index (χ0) is 22.9. The standard InChI is InChI=1S/C23H28N6O3S/c1-27-18(14-28-12-16(13-28)32-2)25-21-19(22(27)31)26-23(33-21)29-10-6-9-17(29)20(30)24-11-15-7-4-3-5-8-15/h3-5,7-8,16-17H,6,9-14H2,1-2H3,(H,24,30). The zero-order valence-corrected chi connectivity index (χ0v) is 19.7. The summed E-state index contributed by atoms with van der Waals surface area (Å²) in [4.78, 5) is 40.1. The van der Waals surface area contributed by atoms with E-state index in [1.54, 1.807) is 18.7 Å². The summed E-state index contributed by atoms with van der Waals surface area (Å²) >= 11 is 1.39. The number of fused-ring (bicyclic) bond motifs is 1. The van der Waals surface area contributed by atoms with Crippen LogP contribution >= 0.6 is 11.3 Å². The Morgan fingerprint density at radius 3 is 2.79 bits per heavy atom. The van der Waals surface area contributed by atoms with Crippen molar-refractivity contribution in [3.8, 4) is 0 Å². The average Bonchev–Trinajstić information content (AvgIpc) is 3.45. The molecule has 9 nitrogen and oxygen atoms in total. The van der Waals surface area contributed by atoms with Gasteiger partial charge in [0.05, 0.1) is 12.6 Å². The van der Waals surface area contributed by atoms with Crippen molar-refractivity contribution in [2.24, 2.45) is 7.05 Å². The molecule has 33 heavy (non-hydrogen) atoms. The van der Waals surface area contributed by atoms with Crippen molar-refractivity contribution in [2.75, 3.05) is 31.6 Å². The van der Waals surface area contributed by atoms with Gasteiger partial charge in [0.2, 0.25) is 5.91 Å². The molecule has 5 rings (SSSR count). The number of benzene rings is 1. The first-order valence-corrected chi connectivity index (χ1v) is 12.0. The van der Waals surface area contributed by atoms with E-state index in [-0.39, 0.29) is 23.6 Å². The Hall–Kier alpha value is -2.82. The number of amides is 1. The molecule has 4 heterocycles. The van der Waals surface area contributed by atoms with Crippen LogP contribution in [0.3, 0.4) is 0 Å². The first kappa shape index (κ1) is 22.0. The number of aromatic nitrogens is 3. The minimum Gasteiger partial charge on any atom is -0.379 e. The van der Waals surface area contributed by atoms with Gasteiger partial charge < -0.3 is 15.0 Å². The Balaban J connectivity index is 1.33. The predicted molar refractivity (Wildman–Crippen MR) is 127 cm³/mol. The maximum atomic E-state index is 13.0. The number of rotatable bonds is 7. The molecule has 0 saturated carbocycles. The molecule has 1 atom stereocenters. The molecule has 2 aliphatic heterocycles. The van der Waals surface area contributed by atoms with E-state index in [2.05, 4.69) is 15.2 Å². The van der Waals surface area contributed by atoms with E-state index in [1.165, 1.54) is 11.3 Å². The number of carbonyl (C=O) groups is 1. The second kappa shape index (κ2) is 9.20. The van der Waals surface area contributed by atoms with Crippen molar-refractivity contribution in [1.29, 1.82) is 0 Å². The quantitative estimate of drug-likeness (QED) is 0.562. The molecule has 0 bridgehead atoms. The summed E-state index contributed by atoms with van der Waals surface area (Å²) in [5.41, 5.74) is 1.29. The number of nitrogens with zero attached hydrogens (tertiary/aromatic N) is 5. The van der Waals surface area contributed by atoms with Gasteiger partial charge in [0.15, 0.2) is 15.5 Å². The molecule has 0 aliphatic carbocycles. The fourth-order valence-corrected chi connectivity index (χ4v) is 5.45. The van der Waals surface area contributed by atoms with E-state index in [4.69, 9.17) is 9.72 Å². The molecular weight excluding hydrogens is 440 g/mol. The lowest BCUT2D eigenvalue weighted by Crippen LogP contribution is -2.51. The van der Waals surface area contributed by atoms with E-state index < -0.39 is 0 Å². The minimum absolute atomic E-state index is 0.0114. The Kier molecular flexibility index (Phi) is 6.13. The minimum atomic E-state index is -0.287. The van der Waals surface area contributed by atoms with Crippen LogP contribution in [0.4, 0.5) is 5.13 Å². The summed E-state index contributed by atoms with van der Waals surface area (Å²) in [5.74, 6) is 0.707. The molecule has 1 unspecified atom stereocenters. The molecule has 0 radical (unpaired) electrons. The van der Waals surface area contributed by atoms with E-state index in [9.17, 15) is 9.59 Å². The van der Waals surface area contributed by atoms with Gasteiger partial charge in [-0.05, 0) is 18.4 Å². The number of nitrogens with one attached hydrogen (secondary N) is 1. The van der Waals surface area contributed by atoms with Gasteiger partial charge in [-0.3, -0.25) is 19.1 Å². The second-order valence-corrected chi connectivity index (χ2v) is 9.60. The van der Waals surface area contributed by atoms with Crippen LogP contribution in [0.15, 0.2) is 35.1 Å². The third-order valence-corrected chi connectivity index (χ3v) is 7.44. The van der Waals surface area contributed by atoms with Crippen LogP contribution in [-0.4, -0.2) is 64.2 Å². The van der Waals surface area contributed by atoms with Crippen LogP contribution < -0.4 is 15.8 Å². The summed E-state index contributed by atoms with van der Waals surface area (Å²) in [5, 5.41) is 3.73. The number of thiazole rings is 1. The fraction of sp³-hybridized carbons (Fsp3) is 0.478. The number of hydrogen-bond acceptors (Lipinski definition) is 8. The highest BCUT2D eigenvalue weighted by atomic mass is 32.1. The summed E-state index contributed by atoms with van der Waals surface area (Å²) in [7, 11) is 3.46. The fourth-order valence-electron chi connectivity index (χ4n) is 4.42. The van der Waals surface area contributed by atoms with Gasteiger partial charge in [-0.2, -0.15) is 0 Å². The van der Waals surface area contributed by atoms with E-state index in [1.807, 2.05) is 35.2 Å². The van der Waals surface area contributed by atoms with Crippen molar-refractivity contribution in [1.82, 2.24) is 24.8 Å². The number of ether oxygens (including phenoxy) is 1. The van der Waals surface area contributed by atoms with Gasteiger partial charge >= 0.3 is 0 Å². The zero-order valence-electron chi connectivity index (χ0n) is 18.9. The smallest absolute Gasteiger partial charge is 0.280 e. The topological polar surface area (TPSA) is 92.6 Å². The van der Waals surface area contributed by atoms with Gasteiger partial charge in [0.1, 0.15) is 11.9 Å². The van der Waals surface area contributed by atoms with Gasteiger partial charge in [-0.15, -0.1) is 0 Å². The molecule has 174 valence electrons. The second-order valence-electron chi connectivity index (χ2n) is 8.65. The highest BCUT2D eigenvalue weighted by Gasteiger charge is 2.33. The SMILES string of the molecule is COC1CN(Cc2nc3sc(N4CCCC4C(=O)NCc4ccccc4)nc3c(=O)n2C)C1. The number of hydrogen-bond donors (Lipinski definition) is 1. The van der Waals surface area contributed by atoms with Crippen LogP contribution in [0.25, 0.3) is 10.3 Å². The molecule has 2 aromatic heterocycles. The summed E-state index contributed by atoms with van der Waals surface area (Å²) in [6.45, 7) is 3.51. The Morgan fingerprint density at radius 2 is 2.03 bits per heavy atom. The summed E-state index contributed by atoms with van der Waals surface area (Å²) < 4.78 is 6.92. The third-order valence-electron chi connectivity index (χ3n) is 6.46. The van der Waals surface area contributed by atoms with Gasteiger partial charge in [0.25, 0.3) is 5.56 Å². The number of likely N-dealkylation sites (tertiary alicyclic amines) is 1. The van der Waals surface area contributed by atoms with Gasteiger partial charge in [-0.1, -0.05) is 41.7 Å². The lowest BCUT2D eigenvalue weighted by molar-refractivity contribution is -0.122. The molecule has 10 heteroatoms. The molecule has 1 amide bonds. The van der Waals surface area contributed by atoms with Gasteiger partial charge in [0, 0.05) is 40.3 Å². The lowest BCUT2D eigenvalue weighted by atomic mass is 10.1. The molecule has 2 saturated heterocycles. The summed E-state index contributed by atoms with van der Waals surface area (Å²) in [6, 6.07) is 9.59. The Labute approximate surface area is 196 Å². The number of carbonyl (C=O) groups excluding carboxylic acids is 1. The third kappa shape index (κ3) is 4.38. The Bertz CT molecular complexity index is 1200. The van der Waals surface area contributed by atoms with Crippen molar-refractivity contribution in [3.05, 3.63) is 52.1 Å². The maximum absolute atomic E-state index is 13.0. The first-order chi connectivity index (χ1) is 16.0. The van der Waals surface area contributed by atoms with Crippen LogP contribution in [0, 0.1) is 0 Å². The first-order valence-electron chi connectivity index (χ1n) is 11.2. The summed E-state index contributed by atoms with van der Waals surface area (Å²) in [6.07, 6.45) is 1.93. The van der Waals surface area contributed by atoms with Crippen LogP contribution in [0.5, 0.6) is 0 Å². The lowest BCUT2D eigenvalue weighted by Gasteiger charge is -2.37. The van der Waals surface area contributed by atoms with Crippen molar-refractivity contribution in [2.45, 2.75) is 38.1 Å². The maximum Gasteiger partial charge on any atom is 0.280 e.